The molecule has 0 radical (unpaired) electrons. The van der Waals surface area contributed by atoms with Crippen molar-refractivity contribution in [1.82, 2.24) is 9.55 Å². The minimum atomic E-state index is -0.830. The second kappa shape index (κ2) is 5.05. The highest BCUT2D eigenvalue weighted by Gasteiger charge is 2.43. The van der Waals surface area contributed by atoms with Crippen molar-refractivity contribution in [2.45, 2.75) is 31.8 Å². The normalized spacial score (nSPS) is 31.7. The Labute approximate surface area is 103 Å². The Kier molecular flexibility index (Phi) is 3.65. The van der Waals surface area contributed by atoms with Gasteiger partial charge in [0.1, 0.15) is 12.3 Å². The van der Waals surface area contributed by atoms with Gasteiger partial charge in [0.15, 0.2) is 0 Å². The van der Waals surface area contributed by atoms with Gasteiger partial charge in [-0.05, 0) is 6.42 Å². The van der Waals surface area contributed by atoms with Gasteiger partial charge in [0.25, 0.3) is 5.56 Å². The highest BCUT2D eigenvalue weighted by Crippen LogP contribution is 2.35. The predicted octanol–water partition coefficient (Wildman–Crippen LogP) is -1.19. The van der Waals surface area contributed by atoms with Crippen molar-refractivity contribution in [2.75, 3.05) is 6.61 Å². The Morgan fingerprint density at radius 3 is 2.78 bits per heavy atom. The molecule has 1 fully saturated rings. The first-order valence-electron chi connectivity index (χ1n) is 5.84. The minimum absolute atomic E-state index is 0.300. The van der Waals surface area contributed by atoms with Crippen LogP contribution < -0.4 is 11.2 Å². The zero-order valence-corrected chi connectivity index (χ0v) is 9.94. The van der Waals surface area contributed by atoms with Gasteiger partial charge in [-0.1, -0.05) is 6.92 Å². The first-order valence-corrected chi connectivity index (χ1v) is 5.84. The molecule has 1 saturated heterocycles. The number of aromatic nitrogens is 2. The molecule has 7 heteroatoms. The number of nitrogens with zero attached hydrogens (tertiary/aromatic N) is 1. The molecule has 0 aliphatic carbocycles. The third-order valence-corrected chi connectivity index (χ3v) is 3.28. The van der Waals surface area contributed by atoms with Crippen LogP contribution in [0.25, 0.3) is 0 Å². The predicted molar refractivity (Wildman–Crippen MR) is 62.1 cm³/mol. The van der Waals surface area contributed by atoms with Crippen LogP contribution in [0, 0.1) is 5.92 Å². The molecule has 3 N–H and O–H groups in total. The van der Waals surface area contributed by atoms with E-state index in [2.05, 4.69) is 4.98 Å². The third-order valence-electron chi connectivity index (χ3n) is 3.28. The molecule has 4 atom stereocenters. The zero-order valence-electron chi connectivity index (χ0n) is 9.94. The van der Waals surface area contributed by atoms with E-state index in [1.54, 1.807) is 0 Å². The molecule has 1 aliphatic heterocycles. The molecule has 2 rings (SSSR count). The maximum absolute atomic E-state index is 11.7. The number of aliphatic hydroxyl groups is 2. The van der Waals surface area contributed by atoms with Crippen LogP contribution in [0.15, 0.2) is 21.9 Å². The summed E-state index contributed by atoms with van der Waals surface area (Å²) in [5.74, 6) is -0.300. The molecule has 7 nitrogen and oxygen atoms in total. The number of hydrogen-bond donors (Lipinski definition) is 3. The monoisotopic (exact) mass is 256 g/mol. The molecule has 1 aromatic rings. The van der Waals surface area contributed by atoms with E-state index in [-0.39, 0.29) is 12.5 Å². The van der Waals surface area contributed by atoms with E-state index in [1.165, 1.54) is 16.8 Å². The molecule has 1 aliphatic rings. The first-order chi connectivity index (χ1) is 8.58. The molecule has 1 unspecified atom stereocenters. The van der Waals surface area contributed by atoms with E-state index < -0.39 is 29.7 Å². The van der Waals surface area contributed by atoms with Gasteiger partial charge in [-0.3, -0.25) is 14.3 Å². The van der Waals surface area contributed by atoms with E-state index in [4.69, 9.17) is 9.84 Å². The van der Waals surface area contributed by atoms with Crippen molar-refractivity contribution in [3.05, 3.63) is 33.1 Å². The molecule has 0 saturated carbocycles. The van der Waals surface area contributed by atoms with Crippen LogP contribution >= 0.6 is 0 Å². The van der Waals surface area contributed by atoms with Crippen molar-refractivity contribution in [2.24, 2.45) is 5.92 Å². The quantitative estimate of drug-likeness (QED) is 0.631. The Morgan fingerprint density at radius 1 is 1.50 bits per heavy atom. The largest absolute Gasteiger partial charge is 0.394 e. The summed E-state index contributed by atoms with van der Waals surface area (Å²) in [5.41, 5.74) is -1.07. The number of rotatable bonds is 3. The summed E-state index contributed by atoms with van der Waals surface area (Å²) in [6.07, 6.45) is -0.288. The van der Waals surface area contributed by atoms with Crippen LogP contribution in [0.1, 0.15) is 19.6 Å². The standard InChI is InChI=1S/C11H16N2O5/c1-2-6-9(16)7(5-14)18-10(6)13-4-3-8(15)12-11(13)17/h3-4,6-7,9-10,14,16H,2,5H2,1H3,(H,12,15,17)/t6?,7-,9+,10-/m1/s1. The van der Waals surface area contributed by atoms with Crippen LogP contribution in [0.2, 0.25) is 0 Å². The number of ether oxygens (including phenoxy) is 1. The highest BCUT2D eigenvalue weighted by molar-refractivity contribution is 4.92. The van der Waals surface area contributed by atoms with E-state index >= 15 is 0 Å². The summed E-state index contributed by atoms with van der Waals surface area (Å²) < 4.78 is 6.70. The van der Waals surface area contributed by atoms with Gasteiger partial charge in [-0.25, -0.2) is 4.79 Å². The number of H-pyrrole nitrogens is 1. The lowest BCUT2D eigenvalue weighted by Crippen LogP contribution is -2.34. The number of nitrogens with one attached hydrogen (secondary N) is 1. The zero-order chi connectivity index (χ0) is 13.3. The SMILES string of the molecule is CCC1[C@H](n2ccc(=O)[nH]c2=O)O[C@H](CO)[C@H]1O. The van der Waals surface area contributed by atoms with Gasteiger partial charge in [-0.15, -0.1) is 0 Å². The van der Waals surface area contributed by atoms with Gasteiger partial charge >= 0.3 is 5.69 Å². The Hall–Kier alpha value is -1.44. The Morgan fingerprint density at radius 2 is 2.22 bits per heavy atom. The Bertz CT molecular complexity index is 523. The lowest BCUT2D eigenvalue weighted by atomic mass is 9.97. The van der Waals surface area contributed by atoms with Crippen LogP contribution in [0.3, 0.4) is 0 Å². The molecular weight excluding hydrogens is 240 g/mol. The van der Waals surface area contributed by atoms with Crippen LogP contribution in [-0.4, -0.2) is 38.6 Å². The fourth-order valence-corrected chi connectivity index (χ4v) is 2.30. The average Bonchev–Trinajstić information content (AvgIpc) is 2.65. The van der Waals surface area contributed by atoms with Gasteiger partial charge in [0, 0.05) is 18.2 Å². The highest BCUT2D eigenvalue weighted by atomic mass is 16.5. The first kappa shape index (κ1) is 13.0. The van der Waals surface area contributed by atoms with Gasteiger partial charge in [0.2, 0.25) is 0 Å². The molecule has 1 aromatic heterocycles. The van der Waals surface area contributed by atoms with E-state index in [1.807, 2.05) is 6.92 Å². The van der Waals surface area contributed by atoms with E-state index in [0.717, 1.165) is 0 Å². The summed E-state index contributed by atoms with van der Waals surface area (Å²) in [6.45, 7) is 1.55. The second-order valence-corrected chi connectivity index (χ2v) is 4.33. The van der Waals surface area contributed by atoms with Crippen molar-refractivity contribution in [1.29, 1.82) is 0 Å². The molecule has 0 amide bonds. The van der Waals surface area contributed by atoms with Crippen LogP contribution in [0.4, 0.5) is 0 Å². The minimum Gasteiger partial charge on any atom is -0.394 e. The topological polar surface area (TPSA) is 105 Å². The van der Waals surface area contributed by atoms with Crippen molar-refractivity contribution in [3.8, 4) is 0 Å². The Balaban J connectivity index is 2.38. The van der Waals surface area contributed by atoms with Crippen LogP contribution in [-0.2, 0) is 4.74 Å². The lowest BCUT2D eigenvalue weighted by molar-refractivity contribution is -0.0482. The smallest absolute Gasteiger partial charge is 0.330 e. The van der Waals surface area contributed by atoms with Crippen molar-refractivity contribution >= 4 is 0 Å². The maximum Gasteiger partial charge on any atom is 0.330 e. The van der Waals surface area contributed by atoms with E-state index in [0.29, 0.717) is 6.42 Å². The molecule has 100 valence electrons. The van der Waals surface area contributed by atoms with Crippen molar-refractivity contribution < 1.29 is 14.9 Å². The summed E-state index contributed by atoms with van der Waals surface area (Å²) in [4.78, 5) is 24.8. The number of aliphatic hydroxyl groups excluding tert-OH is 2. The molecule has 0 spiro atoms. The molecule has 18 heavy (non-hydrogen) atoms. The fraction of sp³-hybridized carbons (Fsp3) is 0.636. The molecular formula is C11H16N2O5. The summed E-state index contributed by atoms with van der Waals surface area (Å²) in [6, 6.07) is 1.22. The average molecular weight is 256 g/mol. The second-order valence-electron chi connectivity index (χ2n) is 4.33. The molecule has 2 heterocycles. The molecule has 0 aromatic carbocycles. The van der Waals surface area contributed by atoms with Crippen molar-refractivity contribution in [3.63, 3.8) is 0 Å². The van der Waals surface area contributed by atoms with Gasteiger partial charge in [0.05, 0.1) is 12.7 Å². The van der Waals surface area contributed by atoms with Gasteiger partial charge in [-0.2, -0.15) is 0 Å². The van der Waals surface area contributed by atoms with Gasteiger partial charge < -0.3 is 14.9 Å². The van der Waals surface area contributed by atoms with E-state index in [9.17, 15) is 14.7 Å². The van der Waals surface area contributed by atoms with Crippen LogP contribution in [0.5, 0.6) is 0 Å². The lowest BCUT2D eigenvalue weighted by Gasteiger charge is -2.19. The maximum atomic E-state index is 11.7. The molecule has 0 bridgehead atoms. The number of aromatic amines is 1. The summed E-state index contributed by atoms with van der Waals surface area (Å²) >= 11 is 0. The summed E-state index contributed by atoms with van der Waals surface area (Å²) in [5, 5.41) is 19.1. The third kappa shape index (κ3) is 2.12. The number of hydrogen-bond acceptors (Lipinski definition) is 5. The summed E-state index contributed by atoms with van der Waals surface area (Å²) in [7, 11) is 0. The fourth-order valence-electron chi connectivity index (χ4n) is 2.30.